The molecule has 2 aromatic heterocycles. The number of nitrogens with zero attached hydrogens (tertiary/aromatic N) is 2. The maximum Gasteiger partial charge on any atom is 0.261 e. The first-order chi connectivity index (χ1) is 11.7. The van der Waals surface area contributed by atoms with E-state index in [0.717, 1.165) is 21.9 Å². The number of hydrogen-bond donors (Lipinski definition) is 1. The molecule has 1 amide bonds. The zero-order valence-corrected chi connectivity index (χ0v) is 14.5. The van der Waals surface area contributed by atoms with Crippen molar-refractivity contribution >= 4 is 17.2 Å². The van der Waals surface area contributed by atoms with E-state index in [1.807, 2.05) is 24.3 Å². The molecular formula is C18H21N3O2S. The van der Waals surface area contributed by atoms with Crippen LogP contribution in [0.5, 0.6) is 5.88 Å². The summed E-state index contributed by atoms with van der Waals surface area (Å²) in [5.41, 5.74) is 1.00. The Bertz CT molecular complexity index is 720. The lowest BCUT2D eigenvalue weighted by molar-refractivity contribution is 0.0622. The average molecular weight is 343 g/mol. The highest BCUT2D eigenvalue weighted by atomic mass is 32.1. The minimum atomic E-state index is 0.0477. The first kappa shape index (κ1) is 15.6. The number of carbonyl (C=O) groups is 1. The van der Waals surface area contributed by atoms with E-state index >= 15 is 0 Å². The van der Waals surface area contributed by atoms with E-state index in [4.69, 9.17) is 4.74 Å². The van der Waals surface area contributed by atoms with Gasteiger partial charge < -0.3 is 15.0 Å². The monoisotopic (exact) mass is 343 g/mol. The third kappa shape index (κ3) is 3.03. The van der Waals surface area contributed by atoms with Crippen LogP contribution in [0.4, 0.5) is 0 Å². The summed E-state index contributed by atoms with van der Waals surface area (Å²) in [5.74, 6) is 1.28. The van der Waals surface area contributed by atoms with Crippen LogP contribution >= 0.6 is 11.3 Å². The SMILES string of the molecule is COc1ccc(-c2ccc(C(=O)N[C@H]3CN4CCC3CC4)s2)cn1. The Morgan fingerprint density at radius 3 is 2.75 bits per heavy atom. The molecule has 5 nitrogen and oxygen atoms in total. The Balaban J connectivity index is 1.44. The fourth-order valence-electron chi connectivity index (χ4n) is 3.63. The van der Waals surface area contributed by atoms with Crippen molar-refractivity contribution in [3.63, 3.8) is 0 Å². The highest BCUT2D eigenvalue weighted by Gasteiger charge is 2.35. The van der Waals surface area contributed by atoms with Crippen LogP contribution in [0.2, 0.25) is 0 Å². The van der Waals surface area contributed by atoms with Gasteiger partial charge in [-0.3, -0.25) is 4.79 Å². The number of rotatable bonds is 4. The number of fused-ring (bicyclic) bond motifs is 3. The molecule has 0 aromatic carbocycles. The van der Waals surface area contributed by atoms with Crippen molar-refractivity contribution in [2.45, 2.75) is 18.9 Å². The summed E-state index contributed by atoms with van der Waals surface area (Å²) < 4.78 is 5.08. The Kier molecular flexibility index (Phi) is 4.24. The molecule has 6 heteroatoms. The van der Waals surface area contributed by atoms with Crippen molar-refractivity contribution in [2.24, 2.45) is 5.92 Å². The van der Waals surface area contributed by atoms with Gasteiger partial charge in [0, 0.05) is 35.3 Å². The maximum absolute atomic E-state index is 12.6. The first-order valence-electron chi connectivity index (χ1n) is 8.36. The van der Waals surface area contributed by atoms with Crippen molar-refractivity contribution < 1.29 is 9.53 Å². The number of nitrogens with one attached hydrogen (secondary N) is 1. The number of aromatic nitrogens is 1. The molecule has 3 fully saturated rings. The lowest BCUT2D eigenvalue weighted by atomic mass is 9.84. The Morgan fingerprint density at radius 1 is 1.29 bits per heavy atom. The third-order valence-corrected chi connectivity index (χ3v) is 6.17. The highest BCUT2D eigenvalue weighted by Crippen LogP contribution is 2.30. The highest BCUT2D eigenvalue weighted by molar-refractivity contribution is 7.17. The molecule has 1 N–H and O–H groups in total. The van der Waals surface area contributed by atoms with Crippen LogP contribution in [0.1, 0.15) is 22.5 Å². The predicted molar refractivity (Wildman–Crippen MR) is 94.5 cm³/mol. The van der Waals surface area contributed by atoms with Crippen LogP contribution in [-0.2, 0) is 0 Å². The molecule has 0 spiro atoms. The molecule has 0 unspecified atom stereocenters. The number of ether oxygens (including phenoxy) is 1. The second-order valence-corrected chi connectivity index (χ2v) is 7.55. The van der Waals surface area contributed by atoms with Crippen LogP contribution < -0.4 is 10.1 Å². The van der Waals surface area contributed by atoms with Crippen molar-refractivity contribution in [2.75, 3.05) is 26.7 Å². The van der Waals surface area contributed by atoms with Crippen molar-refractivity contribution in [3.8, 4) is 16.3 Å². The predicted octanol–water partition coefficient (Wildman–Crippen LogP) is 2.64. The quantitative estimate of drug-likeness (QED) is 0.927. The lowest BCUT2D eigenvalue weighted by Crippen LogP contribution is -2.57. The largest absolute Gasteiger partial charge is 0.481 e. The van der Waals surface area contributed by atoms with Gasteiger partial charge in [-0.25, -0.2) is 4.98 Å². The standard InChI is InChI=1S/C18H21N3O2S/c1-23-17-5-2-13(10-19-17)15-3-4-16(24-15)18(22)20-14-11-21-8-6-12(14)7-9-21/h2-5,10,12,14H,6-9,11H2,1H3,(H,20,22)/t14-/m0/s1. The van der Waals surface area contributed by atoms with Gasteiger partial charge in [-0.15, -0.1) is 11.3 Å². The molecule has 24 heavy (non-hydrogen) atoms. The minimum absolute atomic E-state index is 0.0477. The zero-order chi connectivity index (χ0) is 16.5. The number of piperidine rings is 3. The molecule has 0 radical (unpaired) electrons. The van der Waals surface area contributed by atoms with Crippen LogP contribution in [0.15, 0.2) is 30.5 Å². The Morgan fingerprint density at radius 2 is 2.12 bits per heavy atom. The van der Waals surface area contributed by atoms with Gasteiger partial charge >= 0.3 is 0 Å². The van der Waals surface area contributed by atoms with Crippen LogP contribution in [0.3, 0.4) is 0 Å². The molecule has 5 rings (SSSR count). The number of amides is 1. The molecule has 0 saturated carbocycles. The molecule has 3 saturated heterocycles. The fourth-order valence-corrected chi connectivity index (χ4v) is 4.53. The third-order valence-electron chi connectivity index (χ3n) is 5.03. The van der Waals surface area contributed by atoms with Gasteiger partial charge in [0.1, 0.15) is 0 Å². The molecule has 2 bridgehead atoms. The smallest absolute Gasteiger partial charge is 0.261 e. The van der Waals surface area contributed by atoms with Crippen molar-refractivity contribution in [1.82, 2.24) is 15.2 Å². The maximum atomic E-state index is 12.6. The van der Waals surface area contributed by atoms with Gasteiger partial charge in [-0.05, 0) is 50.0 Å². The van der Waals surface area contributed by atoms with E-state index in [1.54, 1.807) is 13.3 Å². The fraction of sp³-hybridized carbons (Fsp3) is 0.444. The van der Waals surface area contributed by atoms with Gasteiger partial charge in [-0.2, -0.15) is 0 Å². The Hall–Kier alpha value is -1.92. The molecule has 0 aliphatic carbocycles. The summed E-state index contributed by atoms with van der Waals surface area (Å²) in [5, 5.41) is 3.24. The molecule has 3 aliphatic rings. The van der Waals surface area contributed by atoms with E-state index in [9.17, 15) is 4.79 Å². The van der Waals surface area contributed by atoms with E-state index in [2.05, 4.69) is 15.2 Å². The molecule has 5 heterocycles. The second kappa shape index (κ2) is 6.53. The van der Waals surface area contributed by atoms with E-state index in [1.165, 1.54) is 37.3 Å². The van der Waals surface area contributed by atoms with Gasteiger partial charge in [0.25, 0.3) is 5.91 Å². The average Bonchev–Trinajstić information content (AvgIpc) is 3.13. The Labute approximate surface area is 145 Å². The summed E-state index contributed by atoms with van der Waals surface area (Å²) in [6.07, 6.45) is 4.19. The van der Waals surface area contributed by atoms with E-state index < -0.39 is 0 Å². The normalized spacial score (nSPS) is 25.5. The number of methoxy groups -OCH3 is 1. The van der Waals surface area contributed by atoms with Gasteiger partial charge in [0.2, 0.25) is 5.88 Å². The lowest BCUT2D eigenvalue weighted by Gasteiger charge is -2.44. The summed E-state index contributed by atoms with van der Waals surface area (Å²) >= 11 is 1.51. The molecule has 3 aliphatic heterocycles. The number of hydrogen-bond acceptors (Lipinski definition) is 5. The second-order valence-electron chi connectivity index (χ2n) is 6.47. The van der Waals surface area contributed by atoms with E-state index in [-0.39, 0.29) is 5.91 Å². The molecule has 2 aromatic rings. The number of carbonyl (C=O) groups excluding carboxylic acids is 1. The molecular weight excluding hydrogens is 322 g/mol. The summed E-state index contributed by atoms with van der Waals surface area (Å²) in [6, 6.07) is 7.99. The van der Waals surface area contributed by atoms with Gasteiger partial charge in [0.15, 0.2) is 0 Å². The molecule has 1 atom stereocenters. The van der Waals surface area contributed by atoms with Crippen molar-refractivity contribution in [1.29, 1.82) is 0 Å². The zero-order valence-electron chi connectivity index (χ0n) is 13.7. The van der Waals surface area contributed by atoms with Gasteiger partial charge in [0.05, 0.1) is 12.0 Å². The first-order valence-corrected chi connectivity index (χ1v) is 9.18. The van der Waals surface area contributed by atoms with Crippen LogP contribution in [0.25, 0.3) is 10.4 Å². The van der Waals surface area contributed by atoms with Crippen LogP contribution in [0, 0.1) is 5.92 Å². The van der Waals surface area contributed by atoms with E-state index in [0.29, 0.717) is 17.8 Å². The summed E-state index contributed by atoms with van der Waals surface area (Å²) in [6.45, 7) is 3.37. The summed E-state index contributed by atoms with van der Waals surface area (Å²) in [7, 11) is 1.60. The number of pyridine rings is 1. The van der Waals surface area contributed by atoms with Crippen LogP contribution in [-0.4, -0.2) is 48.6 Å². The van der Waals surface area contributed by atoms with Gasteiger partial charge in [-0.1, -0.05) is 0 Å². The minimum Gasteiger partial charge on any atom is -0.481 e. The topological polar surface area (TPSA) is 54.5 Å². The molecule has 126 valence electrons. The summed E-state index contributed by atoms with van der Waals surface area (Å²) in [4.78, 5) is 21.1. The number of thiophene rings is 1. The van der Waals surface area contributed by atoms with Crippen molar-refractivity contribution in [3.05, 3.63) is 35.3 Å².